The highest BCUT2D eigenvalue weighted by Gasteiger charge is 2.46. The maximum Gasteiger partial charge on any atom is 0.306 e. The van der Waals surface area contributed by atoms with Crippen molar-refractivity contribution in [2.45, 2.75) is 217 Å². The van der Waals surface area contributed by atoms with Crippen LogP contribution in [0.3, 0.4) is 0 Å². The van der Waals surface area contributed by atoms with Gasteiger partial charge in [-0.25, -0.2) is 0 Å². The number of benzene rings is 2. The van der Waals surface area contributed by atoms with Crippen molar-refractivity contribution in [3.8, 4) is 0 Å². The van der Waals surface area contributed by atoms with E-state index in [0.717, 1.165) is 30.4 Å². The van der Waals surface area contributed by atoms with E-state index in [0.29, 0.717) is 135 Å². The molecule has 0 bridgehead atoms. The number of hydrogen-bond acceptors (Lipinski definition) is 20. The minimum atomic E-state index is -0.851. The summed E-state index contributed by atoms with van der Waals surface area (Å²) in [5, 5.41) is 66.3. The number of hydrogen-bond donors (Lipinski definition) is 5. The molecule has 25 heteroatoms. The van der Waals surface area contributed by atoms with Crippen LogP contribution in [0.1, 0.15) is 179 Å². The largest absolute Gasteiger partial charge is 0.462 e. The summed E-state index contributed by atoms with van der Waals surface area (Å²) in [5.74, 6) is -2.28. The number of ether oxygens (including phenoxy) is 3. The number of allylic oxidation sites excluding steroid dienone is 4. The van der Waals surface area contributed by atoms with Crippen LogP contribution in [0.25, 0.3) is 0 Å². The second-order valence-electron chi connectivity index (χ2n) is 23.3. The van der Waals surface area contributed by atoms with E-state index in [1.165, 1.54) is 0 Å². The summed E-state index contributed by atoms with van der Waals surface area (Å²) in [6.45, 7) is 4.85. The van der Waals surface area contributed by atoms with E-state index >= 15 is 0 Å². The van der Waals surface area contributed by atoms with Crippen molar-refractivity contribution < 1.29 is 83.3 Å². The fourth-order valence-corrected chi connectivity index (χ4v) is 11.2. The van der Waals surface area contributed by atoms with Crippen molar-refractivity contribution >= 4 is 29.7 Å². The van der Waals surface area contributed by atoms with Crippen LogP contribution in [0, 0.1) is 54.0 Å². The number of carbonyl (C=O) groups is 5. The van der Waals surface area contributed by atoms with Crippen molar-refractivity contribution in [2.24, 2.45) is 23.7 Å². The van der Waals surface area contributed by atoms with E-state index in [9.17, 15) is 69.6 Å². The van der Waals surface area contributed by atoms with Gasteiger partial charge in [-0.2, -0.15) is 0 Å². The first-order chi connectivity index (χ1) is 44.9. The highest BCUT2D eigenvalue weighted by molar-refractivity contribution is 5.76. The Labute approximate surface area is 546 Å². The first kappa shape index (κ1) is 79.5. The quantitative estimate of drug-likeness (QED) is 0.0103. The number of aliphatic hydroxyl groups excluding tert-OH is 3. The highest BCUT2D eigenvalue weighted by atomic mass is 17.0. The van der Waals surface area contributed by atoms with Crippen LogP contribution in [-0.2, 0) is 65.5 Å². The minimum absolute atomic E-state index is 0.00251. The normalized spacial score (nSPS) is 20.0. The van der Waals surface area contributed by atoms with E-state index in [1.54, 1.807) is 12.2 Å². The summed E-state index contributed by atoms with van der Waals surface area (Å²) in [5.41, 5.74) is 2.24. The zero-order valence-electron chi connectivity index (χ0n) is 54.2. The van der Waals surface area contributed by atoms with Gasteiger partial charge in [0.2, 0.25) is 11.8 Å². The maximum absolute atomic E-state index is 13.0. The number of carbonyl (C=O) groups excluding carboxylic acids is 5. The van der Waals surface area contributed by atoms with Crippen LogP contribution in [0.5, 0.6) is 0 Å². The molecule has 0 heterocycles. The number of aliphatic hydroxyl groups is 3. The molecule has 2 aliphatic carbocycles. The maximum atomic E-state index is 13.0. The topological polar surface area (TPSA) is 355 Å². The molecule has 25 nitrogen and oxygen atoms in total. The number of nitrogens with one attached hydrogen (secondary N) is 2. The zero-order chi connectivity index (χ0) is 67.9. The van der Waals surface area contributed by atoms with Gasteiger partial charge in [0.25, 0.3) is 15.3 Å². The molecule has 2 fully saturated rings. The van der Waals surface area contributed by atoms with Gasteiger partial charge >= 0.3 is 17.9 Å². The van der Waals surface area contributed by atoms with Crippen molar-refractivity contribution in [3.63, 3.8) is 0 Å². The lowest BCUT2D eigenvalue weighted by Gasteiger charge is -2.24. The molecule has 10 atom stereocenters. The Morgan fingerprint density at radius 3 is 1.28 bits per heavy atom. The summed E-state index contributed by atoms with van der Waals surface area (Å²) < 4.78 is 17.7. The molecule has 518 valence electrons. The van der Waals surface area contributed by atoms with E-state index < -0.39 is 63.8 Å². The molecule has 0 radical (unpaired) electrons. The van der Waals surface area contributed by atoms with Gasteiger partial charge in [0, 0.05) is 75.8 Å². The van der Waals surface area contributed by atoms with Crippen LogP contribution < -0.4 is 10.6 Å². The van der Waals surface area contributed by atoms with E-state index in [2.05, 4.69) is 25.1 Å². The third kappa shape index (κ3) is 37.5. The minimum Gasteiger partial charge on any atom is -0.462 e. The Morgan fingerprint density at radius 1 is 0.505 bits per heavy atom. The molecule has 0 aliphatic heterocycles. The van der Waals surface area contributed by atoms with Crippen LogP contribution >= 0.6 is 0 Å². The standard InChI is InChI=1S/C37H55N3O12.C31H46N2O8/c1-2-38-35(42)19-11-4-3-10-18-31-32(25-24-30(41)23-22-29-16-8-5-9-17-29)34(52-37(44)21-13-7-15-27-50-40(47)48)28-33(31)51-36(43)20-12-6-14-26-49-39(45)46;1-2-32-30(36)16-10-4-3-9-15-26-27(21-20-25(34)19-18-24-13-7-5-8-14-24)29(23-28(26)35)41-31(37)17-11-6-12-22-40-33(38)39/h3,5,8-10,16-17,24-25,30-34,41H,2,4,6-7,11-15,18-23,26-28H2,1H3,(H,38,42);3,5,7-9,13-14,20-21,25-29,34-35H,2,4,6,10-12,15-19,22-23H2,1H3,(H,32,36)/b10-3-,25-24+;9-3-,21-20+/t30-,31+,32+,33-,34+;25-,26+,27+,28-,29+/m00/s1. The van der Waals surface area contributed by atoms with Gasteiger partial charge < -0.3 is 54.7 Å². The monoisotopic (exact) mass is 1310 g/mol. The van der Waals surface area contributed by atoms with Gasteiger partial charge in [-0.15, -0.1) is 30.3 Å². The number of rotatable bonds is 48. The van der Waals surface area contributed by atoms with E-state index in [4.69, 9.17) is 14.2 Å². The van der Waals surface area contributed by atoms with Gasteiger partial charge in [-0.05, 0) is 134 Å². The Balaban J connectivity index is 0.000000499. The molecule has 2 saturated carbocycles. The fraction of sp³-hybridized carbons (Fsp3) is 0.632. The molecule has 93 heavy (non-hydrogen) atoms. The number of nitrogens with zero attached hydrogens (tertiary/aromatic N) is 3. The average Bonchev–Trinajstić information content (AvgIpc) is 1.69. The average molecular weight is 1310 g/mol. The lowest BCUT2D eigenvalue weighted by atomic mass is 9.89. The molecule has 0 unspecified atom stereocenters. The van der Waals surface area contributed by atoms with Crippen molar-refractivity contribution in [2.75, 3.05) is 32.9 Å². The molecule has 0 saturated heterocycles. The predicted octanol–water partition coefficient (Wildman–Crippen LogP) is 10.3. The van der Waals surface area contributed by atoms with Crippen molar-refractivity contribution in [3.05, 3.63) is 151 Å². The molecule has 0 aromatic heterocycles. The first-order valence-electron chi connectivity index (χ1n) is 33.1. The van der Waals surface area contributed by atoms with Crippen LogP contribution in [0.15, 0.2) is 109 Å². The van der Waals surface area contributed by atoms with Gasteiger partial charge in [-0.3, -0.25) is 24.0 Å². The third-order valence-electron chi connectivity index (χ3n) is 16.0. The molecule has 2 amide bonds. The van der Waals surface area contributed by atoms with Gasteiger partial charge in [0.05, 0.1) is 38.1 Å². The molecular formula is C68H101N5O20. The Morgan fingerprint density at radius 2 is 0.882 bits per heavy atom. The fourth-order valence-electron chi connectivity index (χ4n) is 11.2. The Hall–Kier alpha value is -7.77. The predicted molar refractivity (Wildman–Crippen MR) is 345 cm³/mol. The molecule has 2 aliphatic rings. The molecular weight excluding hydrogens is 1210 g/mol. The van der Waals surface area contributed by atoms with Crippen molar-refractivity contribution in [1.82, 2.24) is 10.6 Å². The molecule has 5 N–H and O–H groups in total. The second kappa shape index (κ2) is 48.9. The smallest absolute Gasteiger partial charge is 0.306 e. The second-order valence-corrected chi connectivity index (χ2v) is 23.3. The Bertz CT molecular complexity index is 2590. The van der Waals surface area contributed by atoms with E-state index in [1.807, 2.05) is 111 Å². The van der Waals surface area contributed by atoms with Gasteiger partial charge in [-0.1, -0.05) is 129 Å². The molecule has 0 spiro atoms. The third-order valence-corrected chi connectivity index (χ3v) is 16.0. The summed E-state index contributed by atoms with van der Waals surface area (Å²) in [6.07, 6.45) is 24.0. The van der Waals surface area contributed by atoms with Gasteiger partial charge in [0.15, 0.2) is 0 Å². The van der Waals surface area contributed by atoms with Crippen LogP contribution in [0.4, 0.5) is 0 Å². The molecule has 2 aromatic rings. The van der Waals surface area contributed by atoms with Crippen LogP contribution in [0.2, 0.25) is 0 Å². The van der Waals surface area contributed by atoms with Crippen LogP contribution in [-0.4, -0.2) is 130 Å². The number of esters is 3. The summed E-state index contributed by atoms with van der Waals surface area (Å²) in [6, 6.07) is 19.7. The number of unbranched alkanes of at least 4 members (excludes halogenated alkanes) is 8. The number of amides is 2. The Kier molecular flexibility index (Phi) is 41.8. The van der Waals surface area contributed by atoms with E-state index in [-0.39, 0.29) is 87.0 Å². The lowest BCUT2D eigenvalue weighted by Crippen LogP contribution is -2.26. The number of aryl methyl sites for hydroxylation is 2. The van der Waals surface area contributed by atoms with Crippen molar-refractivity contribution in [1.29, 1.82) is 0 Å². The molecule has 2 aromatic carbocycles. The zero-order valence-corrected chi connectivity index (χ0v) is 54.2. The lowest BCUT2D eigenvalue weighted by molar-refractivity contribution is -0.757. The SMILES string of the molecule is CCNC(=O)CCC/C=C\C[C@@H]1[C@@H](/C=C/[C@@H](O)CCc2ccccc2)[C@H](OC(=O)CCCCCO[N+](=O)[O-])C[C@@H]1O.CCNC(=O)CCC/C=C\C[C@@H]1[C@@H](/C=C/[C@@H](O)CCc2ccccc2)[C@H](OC(=O)CCCCCO[N+](=O)[O-])C[C@@H]1OC(=O)CCCCCO[N+](=O)[O-]. The molecule has 4 rings (SSSR count). The van der Waals surface area contributed by atoms with Gasteiger partial charge in [0.1, 0.15) is 18.3 Å². The summed E-state index contributed by atoms with van der Waals surface area (Å²) in [7, 11) is 0. The summed E-state index contributed by atoms with van der Waals surface area (Å²) in [4.78, 5) is 106. The highest BCUT2D eigenvalue weighted by Crippen LogP contribution is 2.41. The summed E-state index contributed by atoms with van der Waals surface area (Å²) >= 11 is 0. The first-order valence-corrected chi connectivity index (χ1v) is 33.1.